The molecule has 0 unspecified atom stereocenters. The Balaban J connectivity index is 2.57. The molecule has 0 spiro atoms. The first-order valence-electron chi connectivity index (χ1n) is 6.68. The van der Waals surface area contributed by atoms with Gasteiger partial charge < -0.3 is 19.5 Å². The molecule has 1 rings (SSSR count). The Morgan fingerprint density at radius 2 is 1.76 bits per heavy atom. The fourth-order valence-electron chi connectivity index (χ4n) is 1.77. The van der Waals surface area contributed by atoms with Crippen LogP contribution in [0.5, 0.6) is 11.5 Å². The molecule has 21 heavy (non-hydrogen) atoms. The molecule has 0 bridgehead atoms. The Labute approximate surface area is 124 Å². The SMILES string of the molecule is COc1ccc(OCC(=O)N(CC(=O)O)CC(C)C)cc1. The van der Waals surface area contributed by atoms with Crippen LogP contribution in [0, 0.1) is 5.92 Å². The van der Waals surface area contributed by atoms with Gasteiger partial charge in [0.2, 0.25) is 0 Å². The van der Waals surface area contributed by atoms with E-state index in [9.17, 15) is 9.59 Å². The van der Waals surface area contributed by atoms with Crippen LogP contribution in [0.4, 0.5) is 0 Å². The maximum absolute atomic E-state index is 12.0. The van der Waals surface area contributed by atoms with Crippen molar-refractivity contribution in [1.82, 2.24) is 4.90 Å². The highest BCUT2D eigenvalue weighted by Gasteiger charge is 2.18. The zero-order valence-corrected chi connectivity index (χ0v) is 12.5. The quantitative estimate of drug-likeness (QED) is 0.789. The standard InChI is InChI=1S/C15H21NO5/c1-11(2)8-16(9-15(18)19)14(17)10-21-13-6-4-12(20-3)5-7-13/h4-7,11H,8-10H2,1-3H3,(H,18,19). The van der Waals surface area contributed by atoms with Crippen LogP contribution in [0.2, 0.25) is 0 Å². The monoisotopic (exact) mass is 295 g/mol. The number of hydrogen-bond acceptors (Lipinski definition) is 4. The van der Waals surface area contributed by atoms with E-state index in [1.165, 1.54) is 4.90 Å². The van der Waals surface area contributed by atoms with E-state index in [0.29, 0.717) is 18.0 Å². The first-order valence-corrected chi connectivity index (χ1v) is 6.68. The topological polar surface area (TPSA) is 76.1 Å². The van der Waals surface area contributed by atoms with E-state index in [1.807, 2.05) is 13.8 Å². The van der Waals surface area contributed by atoms with Crippen molar-refractivity contribution in [2.24, 2.45) is 5.92 Å². The van der Waals surface area contributed by atoms with Gasteiger partial charge in [-0.05, 0) is 30.2 Å². The van der Waals surface area contributed by atoms with Gasteiger partial charge in [0.1, 0.15) is 18.0 Å². The Bertz CT molecular complexity index is 469. The van der Waals surface area contributed by atoms with Crippen LogP contribution in [-0.4, -0.2) is 48.7 Å². The number of carbonyl (C=O) groups excluding carboxylic acids is 1. The summed E-state index contributed by atoms with van der Waals surface area (Å²) in [5.41, 5.74) is 0. The molecule has 0 heterocycles. The largest absolute Gasteiger partial charge is 0.497 e. The minimum absolute atomic E-state index is 0.188. The average molecular weight is 295 g/mol. The summed E-state index contributed by atoms with van der Waals surface area (Å²) in [7, 11) is 1.56. The summed E-state index contributed by atoms with van der Waals surface area (Å²) in [6.45, 7) is 3.73. The maximum Gasteiger partial charge on any atom is 0.323 e. The van der Waals surface area contributed by atoms with Crippen molar-refractivity contribution in [2.75, 3.05) is 26.8 Å². The molecule has 0 aliphatic carbocycles. The zero-order valence-electron chi connectivity index (χ0n) is 12.5. The van der Waals surface area contributed by atoms with Crippen molar-refractivity contribution in [3.8, 4) is 11.5 Å². The number of carbonyl (C=O) groups is 2. The van der Waals surface area contributed by atoms with Crippen LogP contribution < -0.4 is 9.47 Å². The second kappa shape index (κ2) is 8.14. The lowest BCUT2D eigenvalue weighted by Gasteiger charge is -2.22. The molecule has 0 atom stereocenters. The number of carboxylic acid groups (broad SMARTS) is 1. The highest BCUT2D eigenvalue weighted by Crippen LogP contribution is 2.17. The van der Waals surface area contributed by atoms with E-state index >= 15 is 0 Å². The van der Waals surface area contributed by atoms with E-state index in [1.54, 1.807) is 31.4 Å². The van der Waals surface area contributed by atoms with Gasteiger partial charge in [-0.3, -0.25) is 9.59 Å². The van der Waals surface area contributed by atoms with Crippen LogP contribution in [0.1, 0.15) is 13.8 Å². The van der Waals surface area contributed by atoms with Gasteiger partial charge in [-0.1, -0.05) is 13.8 Å². The normalized spacial score (nSPS) is 10.3. The van der Waals surface area contributed by atoms with Gasteiger partial charge in [0.05, 0.1) is 7.11 Å². The minimum Gasteiger partial charge on any atom is -0.497 e. The lowest BCUT2D eigenvalue weighted by molar-refractivity contribution is -0.145. The second-order valence-electron chi connectivity index (χ2n) is 5.03. The fourth-order valence-corrected chi connectivity index (χ4v) is 1.77. The van der Waals surface area contributed by atoms with Gasteiger partial charge >= 0.3 is 5.97 Å². The van der Waals surface area contributed by atoms with E-state index < -0.39 is 5.97 Å². The zero-order chi connectivity index (χ0) is 15.8. The first-order chi connectivity index (χ1) is 9.92. The molecule has 1 N–H and O–H groups in total. The number of aliphatic carboxylic acids is 1. The number of hydrogen-bond donors (Lipinski definition) is 1. The van der Waals surface area contributed by atoms with Crippen LogP contribution in [-0.2, 0) is 9.59 Å². The molecule has 116 valence electrons. The Kier molecular flexibility index (Phi) is 6.52. The van der Waals surface area contributed by atoms with Crippen molar-refractivity contribution < 1.29 is 24.2 Å². The predicted molar refractivity (Wildman–Crippen MR) is 77.5 cm³/mol. The highest BCUT2D eigenvalue weighted by molar-refractivity contribution is 5.82. The van der Waals surface area contributed by atoms with Gasteiger partial charge in [0.25, 0.3) is 5.91 Å². The van der Waals surface area contributed by atoms with Gasteiger partial charge in [-0.15, -0.1) is 0 Å². The maximum atomic E-state index is 12.0. The summed E-state index contributed by atoms with van der Waals surface area (Å²) >= 11 is 0. The summed E-state index contributed by atoms with van der Waals surface area (Å²) in [6, 6.07) is 6.83. The molecule has 0 saturated carbocycles. The molecule has 0 radical (unpaired) electrons. The molecule has 1 aromatic carbocycles. The second-order valence-corrected chi connectivity index (χ2v) is 5.03. The third-order valence-corrected chi connectivity index (χ3v) is 2.69. The summed E-state index contributed by atoms with van der Waals surface area (Å²) in [5, 5.41) is 8.84. The molecule has 0 aliphatic rings. The summed E-state index contributed by atoms with van der Waals surface area (Å²) in [4.78, 5) is 24.1. The lowest BCUT2D eigenvalue weighted by Crippen LogP contribution is -2.40. The molecule has 1 aromatic rings. The smallest absolute Gasteiger partial charge is 0.323 e. The van der Waals surface area contributed by atoms with Crippen molar-refractivity contribution in [3.63, 3.8) is 0 Å². The molecular formula is C15H21NO5. The molecule has 6 nitrogen and oxygen atoms in total. The van der Waals surface area contributed by atoms with Crippen molar-refractivity contribution in [2.45, 2.75) is 13.8 Å². The van der Waals surface area contributed by atoms with Gasteiger partial charge in [-0.2, -0.15) is 0 Å². The number of nitrogens with zero attached hydrogens (tertiary/aromatic N) is 1. The third kappa shape index (κ3) is 6.16. The number of rotatable bonds is 8. The third-order valence-electron chi connectivity index (χ3n) is 2.69. The van der Waals surface area contributed by atoms with Crippen molar-refractivity contribution in [3.05, 3.63) is 24.3 Å². The number of carboxylic acids is 1. The van der Waals surface area contributed by atoms with Crippen LogP contribution in [0.25, 0.3) is 0 Å². The Morgan fingerprint density at radius 3 is 2.24 bits per heavy atom. The van der Waals surface area contributed by atoms with E-state index in [0.717, 1.165) is 0 Å². The van der Waals surface area contributed by atoms with Crippen molar-refractivity contribution in [1.29, 1.82) is 0 Å². The first kappa shape index (κ1) is 16.8. The Hall–Kier alpha value is -2.24. The lowest BCUT2D eigenvalue weighted by atomic mass is 10.2. The number of benzene rings is 1. The molecule has 0 aliphatic heterocycles. The Morgan fingerprint density at radius 1 is 1.19 bits per heavy atom. The van der Waals surface area contributed by atoms with Crippen LogP contribution in [0.15, 0.2) is 24.3 Å². The number of methoxy groups -OCH3 is 1. The summed E-state index contributed by atoms with van der Waals surface area (Å²) in [6.07, 6.45) is 0. The summed E-state index contributed by atoms with van der Waals surface area (Å²) in [5.74, 6) is 0.0367. The predicted octanol–water partition coefficient (Wildman–Crippen LogP) is 1.64. The number of ether oxygens (including phenoxy) is 2. The minimum atomic E-state index is -1.03. The molecule has 1 amide bonds. The van der Waals surface area contributed by atoms with E-state index in [-0.39, 0.29) is 25.0 Å². The average Bonchev–Trinajstić information content (AvgIpc) is 2.43. The molecule has 0 aromatic heterocycles. The highest BCUT2D eigenvalue weighted by atomic mass is 16.5. The van der Waals surface area contributed by atoms with Crippen LogP contribution in [0.3, 0.4) is 0 Å². The molecule has 0 fully saturated rings. The van der Waals surface area contributed by atoms with Gasteiger partial charge in [0.15, 0.2) is 6.61 Å². The van der Waals surface area contributed by atoms with E-state index in [4.69, 9.17) is 14.6 Å². The van der Waals surface area contributed by atoms with Gasteiger partial charge in [-0.25, -0.2) is 0 Å². The molecule has 0 saturated heterocycles. The fraction of sp³-hybridized carbons (Fsp3) is 0.467. The number of amides is 1. The van der Waals surface area contributed by atoms with Crippen LogP contribution >= 0.6 is 0 Å². The molecular weight excluding hydrogens is 274 g/mol. The van der Waals surface area contributed by atoms with E-state index in [2.05, 4.69) is 0 Å². The van der Waals surface area contributed by atoms with Crippen molar-refractivity contribution >= 4 is 11.9 Å². The van der Waals surface area contributed by atoms with Gasteiger partial charge in [0, 0.05) is 6.54 Å². The summed E-state index contributed by atoms with van der Waals surface area (Å²) < 4.78 is 10.4. The molecule has 6 heteroatoms.